The van der Waals surface area contributed by atoms with E-state index in [1.807, 2.05) is 13.8 Å². The van der Waals surface area contributed by atoms with Gasteiger partial charge in [-0.15, -0.1) is 0 Å². The van der Waals surface area contributed by atoms with Crippen molar-refractivity contribution < 1.29 is 19.4 Å². The summed E-state index contributed by atoms with van der Waals surface area (Å²) < 4.78 is 6.81. The van der Waals surface area contributed by atoms with Crippen molar-refractivity contribution in [2.24, 2.45) is 5.92 Å². The third-order valence-electron chi connectivity index (χ3n) is 3.73. The molecular weight excluding hydrogens is 360 g/mol. The number of aromatic carboxylic acids is 1. The standard InChI is InChI=1S/C17H23ClN4O4/c1-9(2)13(21(6)16(25)26-17(3,4)5)14-10(15(23)24)8-19-12-7-11(18)20-22(12)14/h7-9,13H,1-6H3,(H,23,24). The summed E-state index contributed by atoms with van der Waals surface area (Å²) >= 11 is 5.98. The second-order valence-corrected chi connectivity index (χ2v) is 7.77. The molecule has 0 saturated heterocycles. The molecule has 142 valence electrons. The number of hydrogen-bond donors (Lipinski definition) is 1. The molecule has 2 rings (SSSR count). The number of carbonyl (C=O) groups excluding carboxylic acids is 1. The maximum absolute atomic E-state index is 12.6. The Labute approximate surface area is 156 Å². The smallest absolute Gasteiger partial charge is 0.410 e. The van der Waals surface area contributed by atoms with E-state index in [2.05, 4.69) is 10.1 Å². The Kier molecular flexibility index (Phi) is 5.46. The van der Waals surface area contributed by atoms with Crippen molar-refractivity contribution in [3.8, 4) is 0 Å². The van der Waals surface area contributed by atoms with Gasteiger partial charge in [0, 0.05) is 19.3 Å². The lowest BCUT2D eigenvalue weighted by atomic mass is 9.96. The first-order valence-corrected chi connectivity index (χ1v) is 8.53. The molecule has 0 saturated carbocycles. The van der Waals surface area contributed by atoms with E-state index in [4.69, 9.17) is 16.3 Å². The lowest BCUT2D eigenvalue weighted by Gasteiger charge is -2.33. The first kappa shape index (κ1) is 20.0. The molecule has 0 radical (unpaired) electrons. The van der Waals surface area contributed by atoms with Crippen LogP contribution in [-0.4, -0.2) is 49.3 Å². The zero-order valence-electron chi connectivity index (χ0n) is 15.6. The van der Waals surface area contributed by atoms with Crippen LogP contribution in [0.25, 0.3) is 5.65 Å². The molecule has 0 fully saturated rings. The fourth-order valence-corrected chi connectivity index (χ4v) is 2.94. The van der Waals surface area contributed by atoms with Gasteiger partial charge >= 0.3 is 12.1 Å². The minimum atomic E-state index is -1.16. The van der Waals surface area contributed by atoms with Gasteiger partial charge in [0.05, 0.1) is 11.7 Å². The number of rotatable bonds is 4. The third-order valence-corrected chi connectivity index (χ3v) is 3.92. The minimum absolute atomic E-state index is 0.0497. The number of ether oxygens (including phenoxy) is 1. The predicted octanol–water partition coefficient (Wildman–Crippen LogP) is 3.64. The predicted molar refractivity (Wildman–Crippen MR) is 96.5 cm³/mol. The Bertz CT molecular complexity index is 841. The summed E-state index contributed by atoms with van der Waals surface area (Å²) in [4.78, 5) is 29.8. The lowest BCUT2D eigenvalue weighted by Crippen LogP contribution is -2.40. The molecule has 0 aliphatic carbocycles. The van der Waals surface area contributed by atoms with E-state index < -0.39 is 23.7 Å². The van der Waals surface area contributed by atoms with Crippen LogP contribution in [0.3, 0.4) is 0 Å². The summed E-state index contributed by atoms with van der Waals surface area (Å²) in [6.45, 7) is 9.07. The Balaban J connectivity index is 2.64. The normalized spacial score (nSPS) is 13.1. The molecule has 2 aromatic heterocycles. The monoisotopic (exact) mass is 382 g/mol. The second-order valence-electron chi connectivity index (χ2n) is 7.38. The second kappa shape index (κ2) is 7.11. The van der Waals surface area contributed by atoms with Crippen LogP contribution in [0.15, 0.2) is 12.3 Å². The lowest BCUT2D eigenvalue weighted by molar-refractivity contribution is 0.0165. The summed E-state index contributed by atoms with van der Waals surface area (Å²) in [6, 6.07) is 0.916. The molecule has 1 unspecified atom stereocenters. The molecule has 9 heteroatoms. The summed E-state index contributed by atoms with van der Waals surface area (Å²) in [5.41, 5.74) is -0.00666. The first-order valence-electron chi connectivity index (χ1n) is 8.15. The van der Waals surface area contributed by atoms with Gasteiger partial charge in [0.1, 0.15) is 11.2 Å². The highest BCUT2D eigenvalue weighted by Gasteiger charge is 2.34. The van der Waals surface area contributed by atoms with Gasteiger partial charge in [-0.1, -0.05) is 25.4 Å². The van der Waals surface area contributed by atoms with Gasteiger partial charge in [0.25, 0.3) is 0 Å². The van der Waals surface area contributed by atoms with Crippen LogP contribution < -0.4 is 0 Å². The number of carboxylic acids is 1. The van der Waals surface area contributed by atoms with Crippen LogP contribution in [0.2, 0.25) is 5.15 Å². The van der Waals surface area contributed by atoms with Crippen LogP contribution in [0, 0.1) is 5.92 Å². The van der Waals surface area contributed by atoms with E-state index in [0.29, 0.717) is 11.3 Å². The maximum atomic E-state index is 12.6. The highest BCUT2D eigenvalue weighted by Crippen LogP contribution is 2.32. The highest BCUT2D eigenvalue weighted by atomic mass is 35.5. The van der Waals surface area contributed by atoms with Crippen molar-refractivity contribution in [3.63, 3.8) is 0 Å². The van der Waals surface area contributed by atoms with Gasteiger partial charge in [0.2, 0.25) is 0 Å². The molecular formula is C17H23ClN4O4. The van der Waals surface area contributed by atoms with Gasteiger partial charge in [-0.2, -0.15) is 5.10 Å². The minimum Gasteiger partial charge on any atom is -0.478 e. The van der Waals surface area contributed by atoms with Crippen molar-refractivity contribution >= 4 is 29.3 Å². The molecule has 2 heterocycles. The van der Waals surface area contributed by atoms with Crippen molar-refractivity contribution in [2.75, 3.05) is 7.05 Å². The number of amides is 1. The summed E-state index contributed by atoms with van der Waals surface area (Å²) in [7, 11) is 1.57. The zero-order chi connectivity index (χ0) is 19.8. The quantitative estimate of drug-likeness (QED) is 0.866. The number of hydrogen-bond acceptors (Lipinski definition) is 5. The van der Waals surface area contributed by atoms with E-state index in [9.17, 15) is 14.7 Å². The molecule has 1 atom stereocenters. The first-order chi connectivity index (χ1) is 11.9. The molecule has 26 heavy (non-hydrogen) atoms. The van der Waals surface area contributed by atoms with E-state index in [-0.39, 0.29) is 16.6 Å². The van der Waals surface area contributed by atoms with Crippen LogP contribution in [0.4, 0.5) is 4.79 Å². The molecule has 0 aliphatic rings. The number of aromatic nitrogens is 3. The van der Waals surface area contributed by atoms with E-state index in [1.165, 1.54) is 21.7 Å². The Hall–Kier alpha value is -2.35. The Morgan fingerprint density at radius 1 is 1.35 bits per heavy atom. The van der Waals surface area contributed by atoms with Crippen molar-refractivity contribution in [1.29, 1.82) is 0 Å². The van der Waals surface area contributed by atoms with Crippen molar-refractivity contribution in [3.05, 3.63) is 28.7 Å². The van der Waals surface area contributed by atoms with Gasteiger partial charge in [-0.05, 0) is 26.7 Å². The van der Waals surface area contributed by atoms with E-state index in [0.717, 1.165) is 0 Å². The fourth-order valence-electron chi connectivity index (χ4n) is 2.77. The van der Waals surface area contributed by atoms with Gasteiger partial charge in [-0.3, -0.25) is 0 Å². The molecule has 2 aromatic rings. The van der Waals surface area contributed by atoms with Crippen LogP contribution >= 0.6 is 11.6 Å². The van der Waals surface area contributed by atoms with Crippen molar-refractivity contribution in [2.45, 2.75) is 46.3 Å². The van der Waals surface area contributed by atoms with E-state index in [1.54, 1.807) is 27.8 Å². The van der Waals surface area contributed by atoms with E-state index >= 15 is 0 Å². The molecule has 0 aromatic carbocycles. The molecule has 0 aliphatic heterocycles. The Morgan fingerprint density at radius 2 is 1.96 bits per heavy atom. The van der Waals surface area contributed by atoms with Crippen molar-refractivity contribution in [1.82, 2.24) is 19.5 Å². The molecule has 8 nitrogen and oxygen atoms in total. The zero-order valence-corrected chi connectivity index (χ0v) is 16.4. The number of halogens is 1. The average molecular weight is 383 g/mol. The largest absolute Gasteiger partial charge is 0.478 e. The topological polar surface area (TPSA) is 97.0 Å². The number of fused-ring (bicyclic) bond motifs is 1. The SMILES string of the molecule is CC(C)C(c1c(C(=O)O)cnc2cc(Cl)nn12)N(C)C(=O)OC(C)(C)C. The fraction of sp³-hybridized carbons (Fsp3) is 0.529. The highest BCUT2D eigenvalue weighted by molar-refractivity contribution is 6.29. The maximum Gasteiger partial charge on any atom is 0.410 e. The molecule has 1 N–H and O–H groups in total. The average Bonchev–Trinajstić information content (AvgIpc) is 2.85. The van der Waals surface area contributed by atoms with Gasteiger partial charge < -0.3 is 14.7 Å². The van der Waals surface area contributed by atoms with Crippen LogP contribution in [0.5, 0.6) is 0 Å². The van der Waals surface area contributed by atoms with Gasteiger partial charge in [0.15, 0.2) is 10.8 Å². The number of carboxylic acid groups (broad SMARTS) is 1. The molecule has 0 spiro atoms. The summed E-state index contributed by atoms with van der Waals surface area (Å²) in [5.74, 6) is -1.29. The summed E-state index contributed by atoms with van der Waals surface area (Å²) in [6.07, 6.45) is 0.694. The summed E-state index contributed by atoms with van der Waals surface area (Å²) in [5, 5.41) is 14.0. The number of nitrogens with zero attached hydrogens (tertiary/aromatic N) is 4. The Morgan fingerprint density at radius 3 is 2.46 bits per heavy atom. The number of carbonyl (C=O) groups is 2. The molecule has 1 amide bonds. The molecule has 0 bridgehead atoms. The van der Waals surface area contributed by atoms with Crippen LogP contribution in [-0.2, 0) is 4.74 Å². The van der Waals surface area contributed by atoms with Gasteiger partial charge in [-0.25, -0.2) is 19.1 Å². The van der Waals surface area contributed by atoms with Crippen LogP contribution in [0.1, 0.15) is 56.7 Å². The third kappa shape index (κ3) is 4.07.